The zero-order chi connectivity index (χ0) is 17.4. The molecule has 0 radical (unpaired) electrons. The lowest BCUT2D eigenvalue weighted by Gasteiger charge is -2.23. The van der Waals surface area contributed by atoms with Gasteiger partial charge in [0.25, 0.3) is 5.91 Å². The second kappa shape index (κ2) is 9.15. The van der Waals surface area contributed by atoms with E-state index < -0.39 is 0 Å². The van der Waals surface area contributed by atoms with E-state index in [4.69, 9.17) is 5.11 Å². The van der Waals surface area contributed by atoms with Gasteiger partial charge in [0.1, 0.15) is 0 Å². The number of hydrogen-bond acceptors (Lipinski definition) is 3. The van der Waals surface area contributed by atoms with Crippen LogP contribution in [-0.2, 0) is 0 Å². The normalized spacial score (nSPS) is 10.3. The highest BCUT2D eigenvalue weighted by Gasteiger charge is 2.15. The van der Waals surface area contributed by atoms with Gasteiger partial charge >= 0.3 is 6.03 Å². The number of anilines is 1. The lowest BCUT2D eigenvalue weighted by Crippen LogP contribution is -2.38. The van der Waals surface area contributed by atoms with Crippen LogP contribution < -0.4 is 5.32 Å². The molecule has 0 saturated carbocycles. The quantitative estimate of drug-likeness (QED) is 0.809. The van der Waals surface area contributed by atoms with Gasteiger partial charge in [0, 0.05) is 38.4 Å². The zero-order valence-electron chi connectivity index (χ0n) is 14.4. The van der Waals surface area contributed by atoms with Gasteiger partial charge in [-0.2, -0.15) is 0 Å². The smallest absolute Gasteiger partial charge is 0.321 e. The Kier molecular flexibility index (Phi) is 7.54. The molecule has 0 unspecified atom stereocenters. The molecule has 0 aromatic heterocycles. The van der Waals surface area contributed by atoms with Crippen molar-refractivity contribution in [2.24, 2.45) is 0 Å². The maximum absolute atomic E-state index is 12.4. The number of carbonyl (C=O) groups is 2. The predicted octanol–water partition coefficient (Wildman–Crippen LogP) is 2.32. The molecule has 0 bridgehead atoms. The Morgan fingerprint density at radius 2 is 1.91 bits per heavy atom. The van der Waals surface area contributed by atoms with Gasteiger partial charge < -0.3 is 20.2 Å². The van der Waals surface area contributed by atoms with Crippen LogP contribution >= 0.6 is 0 Å². The minimum atomic E-state index is -0.259. The van der Waals surface area contributed by atoms with Crippen LogP contribution in [-0.4, -0.2) is 60.6 Å². The highest BCUT2D eigenvalue weighted by molar-refractivity contribution is 5.97. The van der Waals surface area contributed by atoms with Gasteiger partial charge in [-0.1, -0.05) is 19.4 Å². The van der Waals surface area contributed by atoms with E-state index in [2.05, 4.69) is 12.2 Å². The summed E-state index contributed by atoms with van der Waals surface area (Å²) in [4.78, 5) is 27.5. The Labute approximate surface area is 138 Å². The van der Waals surface area contributed by atoms with Gasteiger partial charge in [-0.05, 0) is 31.0 Å². The summed E-state index contributed by atoms with van der Waals surface area (Å²) < 4.78 is 0. The highest BCUT2D eigenvalue weighted by Crippen LogP contribution is 2.18. The second-order valence-corrected chi connectivity index (χ2v) is 5.72. The van der Waals surface area contributed by atoms with Crippen LogP contribution in [0.5, 0.6) is 0 Å². The summed E-state index contributed by atoms with van der Waals surface area (Å²) in [5.41, 5.74) is 2.02. The second-order valence-electron chi connectivity index (χ2n) is 5.72. The van der Waals surface area contributed by atoms with Gasteiger partial charge in [-0.15, -0.1) is 0 Å². The van der Waals surface area contributed by atoms with Crippen molar-refractivity contribution in [1.29, 1.82) is 0 Å². The molecule has 128 valence electrons. The summed E-state index contributed by atoms with van der Waals surface area (Å²) in [5, 5.41) is 12.0. The molecular formula is C17H27N3O3. The average Bonchev–Trinajstić information content (AvgIpc) is 2.52. The highest BCUT2D eigenvalue weighted by atomic mass is 16.3. The average molecular weight is 321 g/mol. The molecule has 0 spiro atoms. The first-order chi connectivity index (χ1) is 10.9. The fourth-order valence-corrected chi connectivity index (χ4v) is 2.13. The Balaban J connectivity index is 2.91. The van der Waals surface area contributed by atoms with Gasteiger partial charge in [-0.3, -0.25) is 4.79 Å². The number of rotatable bonds is 7. The third kappa shape index (κ3) is 5.56. The summed E-state index contributed by atoms with van der Waals surface area (Å²) in [7, 11) is 3.38. The molecule has 6 heteroatoms. The van der Waals surface area contributed by atoms with Crippen molar-refractivity contribution in [3.8, 4) is 0 Å². The molecule has 1 aromatic rings. The van der Waals surface area contributed by atoms with E-state index in [0.717, 1.165) is 18.4 Å². The summed E-state index contributed by atoms with van der Waals surface area (Å²) >= 11 is 0. The van der Waals surface area contributed by atoms with Crippen LogP contribution in [0.15, 0.2) is 18.2 Å². The molecular weight excluding hydrogens is 294 g/mol. The summed E-state index contributed by atoms with van der Waals surface area (Å²) in [6.07, 6.45) is 1.85. The van der Waals surface area contributed by atoms with Crippen LogP contribution in [0.1, 0.15) is 35.7 Å². The van der Waals surface area contributed by atoms with Crippen molar-refractivity contribution >= 4 is 17.6 Å². The number of unbranched alkanes of at least 4 members (excludes halogenated alkanes) is 1. The minimum Gasteiger partial charge on any atom is -0.395 e. The molecule has 0 atom stereocenters. The Hall–Kier alpha value is -2.08. The van der Waals surface area contributed by atoms with E-state index >= 15 is 0 Å². The number of hydrogen-bond donors (Lipinski definition) is 2. The molecule has 1 rings (SSSR count). The van der Waals surface area contributed by atoms with E-state index in [1.165, 1.54) is 4.90 Å². The first-order valence-corrected chi connectivity index (χ1v) is 7.89. The summed E-state index contributed by atoms with van der Waals surface area (Å²) in [6.45, 7) is 4.74. The fourth-order valence-electron chi connectivity index (χ4n) is 2.13. The van der Waals surface area contributed by atoms with Gasteiger partial charge in [-0.25, -0.2) is 4.79 Å². The van der Waals surface area contributed by atoms with Crippen LogP contribution in [0.3, 0.4) is 0 Å². The minimum absolute atomic E-state index is 0.0741. The first-order valence-electron chi connectivity index (χ1n) is 7.89. The molecule has 2 N–H and O–H groups in total. The number of nitrogens with zero attached hydrogens (tertiary/aromatic N) is 2. The van der Waals surface area contributed by atoms with Crippen molar-refractivity contribution in [3.05, 3.63) is 29.3 Å². The molecule has 6 nitrogen and oxygen atoms in total. The molecule has 0 aliphatic carbocycles. The van der Waals surface area contributed by atoms with Crippen molar-refractivity contribution in [1.82, 2.24) is 9.80 Å². The van der Waals surface area contributed by atoms with Crippen LogP contribution in [0, 0.1) is 6.92 Å². The SMILES string of the molecule is CCCCN(CCO)C(=O)Nc1cc(C(=O)N(C)C)ccc1C. The molecule has 23 heavy (non-hydrogen) atoms. The number of urea groups is 1. The molecule has 0 aliphatic heterocycles. The molecule has 0 heterocycles. The van der Waals surface area contributed by atoms with Gasteiger partial charge in [0.2, 0.25) is 0 Å². The van der Waals surface area contributed by atoms with Crippen LogP contribution in [0.2, 0.25) is 0 Å². The van der Waals surface area contributed by atoms with Gasteiger partial charge in [0.15, 0.2) is 0 Å². The lowest BCUT2D eigenvalue weighted by atomic mass is 10.1. The summed E-state index contributed by atoms with van der Waals surface area (Å²) in [6, 6.07) is 4.99. The van der Waals surface area contributed by atoms with Crippen molar-refractivity contribution in [2.45, 2.75) is 26.7 Å². The van der Waals surface area contributed by atoms with Crippen LogP contribution in [0.25, 0.3) is 0 Å². The third-order valence-electron chi connectivity index (χ3n) is 3.57. The number of amides is 3. The zero-order valence-corrected chi connectivity index (χ0v) is 14.4. The maximum Gasteiger partial charge on any atom is 0.321 e. The monoisotopic (exact) mass is 321 g/mol. The predicted molar refractivity (Wildman–Crippen MR) is 91.8 cm³/mol. The number of carbonyl (C=O) groups excluding carboxylic acids is 2. The van der Waals surface area contributed by atoms with Crippen molar-refractivity contribution in [3.63, 3.8) is 0 Å². The van der Waals surface area contributed by atoms with E-state index in [-0.39, 0.29) is 18.5 Å². The number of aliphatic hydroxyl groups excluding tert-OH is 1. The lowest BCUT2D eigenvalue weighted by molar-refractivity contribution is 0.0827. The number of aryl methyl sites for hydroxylation is 1. The first kappa shape index (κ1) is 19.0. The molecule has 0 fully saturated rings. The van der Waals surface area contributed by atoms with E-state index in [0.29, 0.717) is 24.3 Å². The van der Waals surface area contributed by atoms with Crippen molar-refractivity contribution < 1.29 is 14.7 Å². The number of nitrogens with one attached hydrogen (secondary N) is 1. The number of aliphatic hydroxyl groups is 1. The van der Waals surface area contributed by atoms with E-state index in [1.807, 2.05) is 13.0 Å². The van der Waals surface area contributed by atoms with E-state index in [1.54, 1.807) is 31.1 Å². The van der Waals surface area contributed by atoms with Crippen molar-refractivity contribution in [2.75, 3.05) is 39.1 Å². The topological polar surface area (TPSA) is 72.9 Å². The molecule has 0 saturated heterocycles. The Bertz CT molecular complexity index is 544. The Morgan fingerprint density at radius 3 is 2.48 bits per heavy atom. The molecule has 1 aromatic carbocycles. The van der Waals surface area contributed by atoms with Gasteiger partial charge in [0.05, 0.1) is 6.61 Å². The maximum atomic E-state index is 12.4. The number of benzene rings is 1. The summed E-state index contributed by atoms with van der Waals surface area (Å²) in [5.74, 6) is -0.112. The molecule has 3 amide bonds. The Morgan fingerprint density at radius 1 is 1.22 bits per heavy atom. The molecule has 0 aliphatic rings. The third-order valence-corrected chi connectivity index (χ3v) is 3.57. The van der Waals surface area contributed by atoms with E-state index in [9.17, 15) is 9.59 Å². The standard InChI is InChI=1S/C17H27N3O3/c1-5-6-9-20(10-11-21)17(23)18-15-12-14(8-7-13(15)2)16(22)19(3)4/h7-8,12,21H,5-6,9-11H2,1-4H3,(H,18,23). The van der Waals surface area contributed by atoms with Crippen LogP contribution in [0.4, 0.5) is 10.5 Å². The fraction of sp³-hybridized carbons (Fsp3) is 0.529. The largest absolute Gasteiger partial charge is 0.395 e.